The van der Waals surface area contributed by atoms with E-state index in [4.69, 9.17) is 0 Å². The Hall–Kier alpha value is -3.35. The van der Waals surface area contributed by atoms with Crippen molar-refractivity contribution in [2.24, 2.45) is 0 Å². The number of halogens is 2. The lowest BCUT2D eigenvalue weighted by Crippen LogP contribution is -2.32. The van der Waals surface area contributed by atoms with Crippen LogP contribution in [0.4, 0.5) is 26.0 Å². The summed E-state index contributed by atoms with van der Waals surface area (Å²) in [4.78, 5) is 13.3. The first-order valence-electron chi connectivity index (χ1n) is 13.3. The number of nitrogens with one attached hydrogen (secondary N) is 3. The number of benzene rings is 2. The van der Waals surface area contributed by atoms with Gasteiger partial charge in [0.1, 0.15) is 22.6 Å². The second kappa shape index (κ2) is 13.3. The Bertz CT molecular complexity index is 1310. The fraction of sp³-hybridized carbons (Fsp3) is 0.429. The Morgan fingerprint density at radius 2 is 1.82 bits per heavy atom. The molecule has 9 nitrogen and oxygen atoms in total. The zero-order valence-electron chi connectivity index (χ0n) is 22.9. The molecule has 0 bridgehead atoms. The summed E-state index contributed by atoms with van der Waals surface area (Å²) >= 11 is 0. The highest BCUT2D eigenvalue weighted by Gasteiger charge is 2.26. The normalized spacial score (nSPS) is 19.6. The Labute approximate surface area is 235 Å². The fourth-order valence-electron chi connectivity index (χ4n) is 4.89. The van der Waals surface area contributed by atoms with Crippen LogP contribution in [0.1, 0.15) is 47.3 Å². The number of aromatic amines is 1. The molecule has 1 fully saturated rings. The zero-order valence-corrected chi connectivity index (χ0v) is 23.7. The van der Waals surface area contributed by atoms with E-state index in [1.165, 1.54) is 0 Å². The Balaban J connectivity index is 0.000000186. The Kier molecular flexibility index (Phi) is 9.88. The minimum absolute atomic E-state index is 0.130. The highest BCUT2D eigenvalue weighted by atomic mass is 32.2. The molecule has 40 heavy (non-hydrogen) atoms. The Morgan fingerprint density at radius 3 is 2.45 bits per heavy atom. The first-order chi connectivity index (χ1) is 19.2. The van der Waals surface area contributed by atoms with E-state index < -0.39 is 22.6 Å². The summed E-state index contributed by atoms with van der Waals surface area (Å²) in [7, 11) is 4.12. The number of aromatic nitrogens is 2. The number of aliphatic hydroxyl groups excluding tert-OH is 1. The van der Waals surface area contributed by atoms with Crippen molar-refractivity contribution in [3.05, 3.63) is 64.9 Å². The molecule has 12 heteroatoms. The molecular formula is C28H36F2N6O3S. The number of carbonyl (C=O) groups excluding carboxylic acids is 1. The maximum absolute atomic E-state index is 13.2. The van der Waals surface area contributed by atoms with E-state index in [9.17, 15) is 22.9 Å². The minimum Gasteiger partial charge on any atom is -0.393 e. The van der Waals surface area contributed by atoms with Crippen molar-refractivity contribution in [1.82, 2.24) is 14.5 Å². The standard InChI is InChI=1S/C15H22N2O2.C13H14F2N4OS/c1-17(2)13-6-3-11(10-18)15(9-13)16-12-4-7-14(19)8-5-12;1-16-13-11-7-19(3-2-12(11)17-18-13)21(20)10-5-8(14)4-9(15)6-10/h3,6,9-10,12,14,16,19H,4-5,7-8H2,1-2H3;4-6H,2-3,7H2,1H3,(H2,16,17,18). The van der Waals surface area contributed by atoms with E-state index >= 15 is 0 Å². The number of rotatable bonds is 7. The number of hydrogen-bond donors (Lipinski definition) is 4. The van der Waals surface area contributed by atoms with Crippen LogP contribution in [0, 0.1) is 11.6 Å². The molecule has 1 aliphatic heterocycles. The molecule has 0 spiro atoms. The molecular weight excluding hydrogens is 538 g/mol. The molecule has 1 unspecified atom stereocenters. The summed E-state index contributed by atoms with van der Waals surface area (Å²) < 4.78 is 40.7. The predicted octanol–water partition coefficient (Wildman–Crippen LogP) is 4.09. The first-order valence-corrected chi connectivity index (χ1v) is 14.4. The molecule has 2 aromatic carbocycles. The zero-order chi connectivity index (χ0) is 28.8. The number of hydrogen-bond acceptors (Lipinski definition) is 7. The SMILES string of the molecule is CN(C)c1ccc(C=O)c(NC2CCC(O)CC2)c1.CNc1n[nH]c2c1CN(S(=O)c1cc(F)cc(F)c1)CC2. The summed E-state index contributed by atoms with van der Waals surface area (Å²) in [6, 6.07) is 9.12. The van der Waals surface area contributed by atoms with Crippen molar-refractivity contribution < 1.29 is 22.9 Å². The van der Waals surface area contributed by atoms with E-state index in [0.29, 0.717) is 36.9 Å². The predicted molar refractivity (Wildman–Crippen MR) is 153 cm³/mol. The van der Waals surface area contributed by atoms with E-state index in [-0.39, 0.29) is 11.0 Å². The third-order valence-corrected chi connectivity index (χ3v) is 8.56. The van der Waals surface area contributed by atoms with Crippen LogP contribution in [0.15, 0.2) is 41.3 Å². The highest BCUT2D eigenvalue weighted by Crippen LogP contribution is 2.28. The van der Waals surface area contributed by atoms with E-state index in [2.05, 4.69) is 20.8 Å². The summed E-state index contributed by atoms with van der Waals surface area (Å²) in [6.07, 6.45) is 4.96. The molecule has 1 aromatic heterocycles. The number of carbonyl (C=O) groups is 1. The van der Waals surface area contributed by atoms with Crippen LogP contribution in [-0.4, -0.2) is 69.9 Å². The smallest absolute Gasteiger partial charge is 0.152 e. The van der Waals surface area contributed by atoms with Crippen LogP contribution in [0.2, 0.25) is 0 Å². The van der Waals surface area contributed by atoms with Gasteiger partial charge in [-0.15, -0.1) is 0 Å². The fourth-order valence-corrected chi connectivity index (χ4v) is 6.12. The van der Waals surface area contributed by atoms with Crippen molar-refractivity contribution in [3.63, 3.8) is 0 Å². The van der Waals surface area contributed by atoms with Crippen molar-refractivity contribution in [2.45, 2.75) is 55.7 Å². The molecule has 3 aromatic rings. The Morgan fingerprint density at radius 1 is 1.12 bits per heavy atom. The minimum atomic E-state index is -1.61. The maximum atomic E-state index is 13.2. The second-order valence-corrected chi connectivity index (χ2v) is 11.7. The van der Waals surface area contributed by atoms with Crippen molar-refractivity contribution in [1.29, 1.82) is 0 Å². The molecule has 1 atom stereocenters. The van der Waals surface area contributed by atoms with E-state index in [1.54, 1.807) is 11.4 Å². The molecule has 5 rings (SSSR count). The third-order valence-electron chi connectivity index (χ3n) is 7.14. The van der Waals surface area contributed by atoms with Gasteiger partial charge in [0.15, 0.2) is 12.1 Å². The summed E-state index contributed by atoms with van der Waals surface area (Å²) in [6.45, 7) is 0.940. The van der Waals surface area contributed by atoms with E-state index in [0.717, 1.165) is 72.8 Å². The molecule has 0 amide bonds. The lowest BCUT2D eigenvalue weighted by Gasteiger charge is -2.28. The topological polar surface area (TPSA) is 114 Å². The monoisotopic (exact) mass is 574 g/mol. The molecule has 0 saturated heterocycles. The van der Waals surface area contributed by atoms with Crippen LogP contribution in [0.3, 0.4) is 0 Å². The van der Waals surface area contributed by atoms with Crippen LogP contribution < -0.4 is 15.5 Å². The van der Waals surface area contributed by atoms with Gasteiger partial charge in [-0.25, -0.2) is 17.3 Å². The molecule has 1 saturated carbocycles. The van der Waals surface area contributed by atoms with Crippen LogP contribution in [0.5, 0.6) is 0 Å². The molecule has 1 aliphatic carbocycles. The third kappa shape index (κ3) is 7.23. The van der Waals surface area contributed by atoms with Crippen LogP contribution in [-0.2, 0) is 24.0 Å². The average molecular weight is 575 g/mol. The quantitative estimate of drug-likeness (QED) is 0.315. The van der Waals surface area contributed by atoms with Gasteiger partial charge in [0.2, 0.25) is 0 Å². The number of H-pyrrole nitrogens is 1. The van der Waals surface area contributed by atoms with Crippen LogP contribution in [0.25, 0.3) is 0 Å². The van der Waals surface area contributed by atoms with Gasteiger partial charge in [-0.1, -0.05) is 0 Å². The summed E-state index contributed by atoms with van der Waals surface area (Å²) in [5.74, 6) is -0.748. The summed E-state index contributed by atoms with van der Waals surface area (Å²) in [5, 5.41) is 23.0. The lowest BCUT2D eigenvalue weighted by molar-refractivity contribution is 0.112. The van der Waals surface area contributed by atoms with Gasteiger partial charge in [-0.05, 0) is 56.0 Å². The van der Waals surface area contributed by atoms with Crippen molar-refractivity contribution >= 4 is 34.5 Å². The number of nitrogens with zero attached hydrogens (tertiary/aromatic N) is 3. The van der Waals surface area contributed by atoms with Crippen LogP contribution >= 0.6 is 0 Å². The van der Waals surface area contributed by atoms with Gasteiger partial charge < -0.3 is 20.6 Å². The highest BCUT2D eigenvalue weighted by molar-refractivity contribution is 7.82. The lowest BCUT2D eigenvalue weighted by atomic mass is 9.93. The van der Waals surface area contributed by atoms with Gasteiger partial charge in [-0.2, -0.15) is 5.10 Å². The molecule has 2 heterocycles. The average Bonchev–Trinajstić information content (AvgIpc) is 3.36. The molecule has 0 radical (unpaired) electrons. The molecule has 216 valence electrons. The van der Waals surface area contributed by atoms with Crippen molar-refractivity contribution in [2.75, 3.05) is 43.2 Å². The van der Waals surface area contributed by atoms with Gasteiger partial charge in [0.25, 0.3) is 0 Å². The number of aliphatic hydroxyl groups is 1. The largest absolute Gasteiger partial charge is 0.393 e. The van der Waals surface area contributed by atoms with Gasteiger partial charge in [0.05, 0.1) is 11.0 Å². The van der Waals surface area contributed by atoms with E-state index in [1.807, 2.05) is 37.2 Å². The van der Waals surface area contributed by atoms with Gasteiger partial charge >= 0.3 is 0 Å². The van der Waals surface area contributed by atoms with Gasteiger partial charge in [-0.3, -0.25) is 9.89 Å². The summed E-state index contributed by atoms with van der Waals surface area (Å²) in [5.41, 5.74) is 4.59. The molecule has 4 N–H and O–H groups in total. The molecule has 2 aliphatic rings. The maximum Gasteiger partial charge on any atom is 0.152 e. The number of anilines is 3. The van der Waals surface area contributed by atoms with Gasteiger partial charge in [0, 0.05) is 81.0 Å². The number of aldehydes is 1. The first kappa shape index (κ1) is 29.6. The second-order valence-electron chi connectivity index (χ2n) is 10.2. The number of fused-ring (bicyclic) bond motifs is 1. The van der Waals surface area contributed by atoms with Crippen molar-refractivity contribution in [3.8, 4) is 0 Å².